The summed E-state index contributed by atoms with van der Waals surface area (Å²) in [4.78, 5) is 6.85. The Morgan fingerprint density at radius 1 is 1.14 bits per heavy atom. The van der Waals surface area contributed by atoms with Gasteiger partial charge in [0.05, 0.1) is 24.9 Å². The first kappa shape index (κ1) is 18.1. The molecule has 150 valence electrons. The van der Waals surface area contributed by atoms with Crippen LogP contribution in [-0.4, -0.2) is 58.1 Å². The van der Waals surface area contributed by atoms with Gasteiger partial charge >= 0.3 is 0 Å². The molecular formula is C22H25N5O2. The molecule has 0 saturated carbocycles. The third kappa shape index (κ3) is 4.11. The fourth-order valence-corrected chi connectivity index (χ4v) is 3.85. The Morgan fingerprint density at radius 2 is 2.00 bits per heavy atom. The van der Waals surface area contributed by atoms with Crippen molar-refractivity contribution < 1.29 is 9.47 Å². The second kappa shape index (κ2) is 7.85. The third-order valence-corrected chi connectivity index (χ3v) is 5.44. The summed E-state index contributed by atoms with van der Waals surface area (Å²) in [6.07, 6.45) is 2.99. The molecule has 2 aromatic carbocycles. The lowest BCUT2D eigenvalue weighted by Gasteiger charge is -2.34. The Labute approximate surface area is 170 Å². The molecule has 0 radical (unpaired) electrons. The van der Waals surface area contributed by atoms with Gasteiger partial charge in [0, 0.05) is 24.8 Å². The Balaban J connectivity index is 1.26. The lowest BCUT2D eigenvalue weighted by Crippen LogP contribution is -2.48. The van der Waals surface area contributed by atoms with Crippen LogP contribution >= 0.6 is 0 Å². The largest absolute Gasteiger partial charge is 0.489 e. The topological polar surface area (TPSA) is 64.4 Å². The molecule has 7 nitrogen and oxygen atoms in total. The van der Waals surface area contributed by atoms with E-state index in [2.05, 4.69) is 39.4 Å². The normalized spacial score (nSPS) is 19.8. The summed E-state index contributed by atoms with van der Waals surface area (Å²) >= 11 is 0. The number of rotatable bonds is 6. The van der Waals surface area contributed by atoms with E-state index < -0.39 is 0 Å². The highest BCUT2D eigenvalue weighted by atomic mass is 16.5. The number of nitrogens with one attached hydrogen (secondary N) is 1. The van der Waals surface area contributed by atoms with Crippen LogP contribution in [0.15, 0.2) is 54.9 Å². The first-order valence-corrected chi connectivity index (χ1v) is 10.1. The van der Waals surface area contributed by atoms with E-state index in [0.29, 0.717) is 12.0 Å². The van der Waals surface area contributed by atoms with E-state index in [-0.39, 0.29) is 6.10 Å². The molecule has 2 fully saturated rings. The fraction of sp³-hybridized carbons (Fsp3) is 0.364. The third-order valence-electron chi connectivity index (χ3n) is 5.44. The van der Waals surface area contributed by atoms with E-state index in [1.807, 2.05) is 36.4 Å². The van der Waals surface area contributed by atoms with Gasteiger partial charge in [0.25, 0.3) is 0 Å². The van der Waals surface area contributed by atoms with Crippen molar-refractivity contribution in [1.29, 1.82) is 0 Å². The van der Waals surface area contributed by atoms with Crippen LogP contribution in [-0.2, 0) is 4.74 Å². The van der Waals surface area contributed by atoms with Gasteiger partial charge < -0.3 is 14.8 Å². The van der Waals surface area contributed by atoms with Crippen molar-refractivity contribution in [1.82, 2.24) is 19.7 Å². The highest BCUT2D eigenvalue weighted by molar-refractivity contribution is 5.57. The molecule has 1 atom stereocenters. The second-order valence-electron chi connectivity index (χ2n) is 7.72. The minimum atomic E-state index is 0.223. The van der Waals surface area contributed by atoms with Crippen molar-refractivity contribution >= 4 is 11.6 Å². The lowest BCUT2D eigenvalue weighted by atomic mass is 10.2. The molecule has 2 aliphatic heterocycles. The van der Waals surface area contributed by atoms with Crippen LogP contribution < -0.4 is 10.1 Å². The average molecular weight is 391 g/mol. The molecule has 3 aromatic rings. The van der Waals surface area contributed by atoms with E-state index in [0.717, 1.165) is 55.4 Å². The molecule has 5 rings (SSSR count). The number of aryl methyl sites for hydroxylation is 1. The number of benzene rings is 2. The van der Waals surface area contributed by atoms with Crippen molar-refractivity contribution in [3.63, 3.8) is 0 Å². The van der Waals surface area contributed by atoms with Gasteiger partial charge in [-0.25, -0.2) is 4.68 Å². The number of hydrogen-bond acceptors (Lipinski definition) is 6. The summed E-state index contributed by atoms with van der Waals surface area (Å²) in [6, 6.07) is 16.7. The number of likely N-dealkylation sites (tertiary alicyclic amines) is 1. The maximum Gasteiger partial charge on any atom is 0.246 e. The Hall–Kier alpha value is -2.90. The molecule has 29 heavy (non-hydrogen) atoms. The van der Waals surface area contributed by atoms with Gasteiger partial charge in [0.2, 0.25) is 5.95 Å². The molecule has 1 N–H and O–H groups in total. The first-order chi connectivity index (χ1) is 14.2. The number of para-hydroxylation sites is 1. The van der Waals surface area contributed by atoms with Crippen LogP contribution in [0.1, 0.15) is 12.0 Å². The summed E-state index contributed by atoms with van der Waals surface area (Å²) in [5.41, 5.74) is 3.03. The molecule has 0 spiro atoms. The highest BCUT2D eigenvalue weighted by Gasteiger charge is 2.33. The quantitative estimate of drug-likeness (QED) is 0.696. The van der Waals surface area contributed by atoms with Crippen LogP contribution in [0.5, 0.6) is 5.75 Å². The Bertz CT molecular complexity index is 970. The zero-order chi connectivity index (χ0) is 19.6. The predicted molar refractivity (Wildman–Crippen MR) is 111 cm³/mol. The number of anilines is 2. The smallest absolute Gasteiger partial charge is 0.246 e. The van der Waals surface area contributed by atoms with Gasteiger partial charge in [-0.05, 0) is 43.2 Å². The van der Waals surface area contributed by atoms with Crippen LogP contribution in [0.4, 0.5) is 11.6 Å². The van der Waals surface area contributed by atoms with Crippen molar-refractivity contribution in [2.24, 2.45) is 0 Å². The van der Waals surface area contributed by atoms with Gasteiger partial charge in [-0.3, -0.25) is 4.90 Å². The van der Waals surface area contributed by atoms with Crippen molar-refractivity contribution in [3.05, 3.63) is 60.4 Å². The minimum absolute atomic E-state index is 0.223. The van der Waals surface area contributed by atoms with Gasteiger partial charge in [-0.15, -0.1) is 5.10 Å². The van der Waals surface area contributed by atoms with Crippen LogP contribution in [0.3, 0.4) is 0 Å². The molecular weight excluding hydrogens is 366 g/mol. The van der Waals surface area contributed by atoms with E-state index in [9.17, 15) is 0 Å². The molecule has 7 heteroatoms. The summed E-state index contributed by atoms with van der Waals surface area (Å²) in [5.74, 6) is 1.44. The van der Waals surface area contributed by atoms with Crippen molar-refractivity contribution in [2.75, 3.05) is 31.6 Å². The first-order valence-electron chi connectivity index (χ1n) is 10.1. The van der Waals surface area contributed by atoms with Gasteiger partial charge in [-0.2, -0.15) is 4.98 Å². The minimum Gasteiger partial charge on any atom is -0.489 e. The maximum atomic E-state index is 6.29. The fourth-order valence-electron chi connectivity index (χ4n) is 3.85. The summed E-state index contributed by atoms with van der Waals surface area (Å²) in [7, 11) is 0. The highest BCUT2D eigenvalue weighted by Crippen LogP contribution is 2.27. The van der Waals surface area contributed by atoms with E-state index >= 15 is 0 Å². The lowest BCUT2D eigenvalue weighted by molar-refractivity contribution is -0.0592. The molecule has 0 aliphatic carbocycles. The molecule has 2 aliphatic rings. The van der Waals surface area contributed by atoms with Crippen LogP contribution in [0.25, 0.3) is 5.69 Å². The van der Waals surface area contributed by atoms with Gasteiger partial charge in [0.15, 0.2) is 0 Å². The molecule has 1 aromatic heterocycles. The molecule has 0 amide bonds. The maximum absolute atomic E-state index is 6.29. The SMILES string of the molecule is Cc1cc(Nc2ncn(-c3ccccc3)n2)cc(O[C@@H]2CCN(C3COC3)C2)c1. The van der Waals surface area contributed by atoms with Crippen molar-refractivity contribution in [3.8, 4) is 11.4 Å². The standard InChI is InChI=1S/C22H25N5O2/c1-16-9-17(24-22-23-15-27(25-22)18-5-3-2-4-6-18)11-21(10-16)29-20-7-8-26(12-20)19-13-28-14-19/h2-6,9-11,15,19-20H,7-8,12-14H2,1H3,(H,24,25)/t20-/m1/s1. The monoisotopic (exact) mass is 391 g/mol. The summed E-state index contributed by atoms with van der Waals surface area (Å²) < 4.78 is 13.4. The van der Waals surface area contributed by atoms with E-state index in [4.69, 9.17) is 9.47 Å². The second-order valence-corrected chi connectivity index (χ2v) is 7.72. The Kier molecular flexibility index (Phi) is 4.91. The average Bonchev–Trinajstić information content (AvgIpc) is 3.31. The Morgan fingerprint density at radius 3 is 2.79 bits per heavy atom. The van der Waals surface area contributed by atoms with E-state index in [1.54, 1.807) is 11.0 Å². The number of ether oxygens (including phenoxy) is 2. The van der Waals surface area contributed by atoms with E-state index in [1.165, 1.54) is 0 Å². The summed E-state index contributed by atoms with van der Waals surface area (Å²) in [6.45, 7) is 5.83. The molecule has 0 unspecified atom stereocenters. The van der Waals surface area contributed by atoms with Crippen LogP contribution in [0, 0.1) is 6.92 Å². The summed E-state index contributed by atoms with van der Waals surface area (Å²) in [5, 5.41) is 7.81. The molecule has 2 saturated heterocycles. The molecule has 0 bridgehead atoms. The zero-order valence-electron chi connectivity index (χ0n) is 16.5. The molecule has 3 heterocycles. The number of aromatic nitrogens is 3. The van der Waals surface area contributed by atoms with Crippen LogP contribution in [0.2, 0.25) is 0 Å². The number of hydrogen-bond donors (Lipinski definition) is 1. The van der Waals surface area contributed by atoms with Gasteiger partial charge in [-0.1, -0.05) is 18.2 Å². The zero-order valence-corrected chi connectivity index (χ0v) is 16.5. The number of nitrogens with zero attached hydrogens (tertiary/aromatic N) is 4. The van der Waals surface area contributed by atoms with Gasteiger partial charge in [0.1, 0.15) is 18.2 Å². The van der Waals surface area contributed by atoms with Crippen molar-refractivity contribution in [2.45, 2.75) is 25.5 Å². The predicted octanol–water partition coefficient (Wildman–Crippen LogP) is 3.17.